The molecule has 29 heavy (non-hydrogen) atoms. The van der Waals surface area contributed by atoms with E-state index in [0.717, 1.165) is 44.0 Å². The number of hydrogen-bond acceptors (Lipinski definition) is 6. The van der Waals surface area contributed by atoms with Gasteiger partial charge in [-0.15, -0.1) is 0 Å². The van der Waals surface area contributed by atoms with Crippen LogP contribution in [0.25, 0.3) is 0 Å². The van der Waals surface area contributed by atoms with Crippen molar-refractivity contribution in [2.45, 2.75) is 20.4 Å². The van der Waals surface area contributed by atoms with E-state index in [-0.39, 0.29) is 17.2 Å². The number of amides is 1. The van der Waals surface area contributed by atoms with Gasteiger partial charge in [0.2, 0.25) is 0 Å². The minimum atomic E-state index is -0.344. The van der Waals surface area contributed by atoms with Gasteiger partial charge in [-0.25, -0.2) is 4.68 Å². The number of nitrogens with zero attached hydrogens (tertiary/aromatic N) is 4. The summed E-state index contributed by atoms with van der Waals surface area (Å²) in [5, 5.41) is 7.04. The van der Waals surface area contributed by atoms with Crippen LogP contribution in [0.5, 0.6) is 0 Å². The zero-order valence-corrected chi connectivity index (χ0v) is 17.4. The van der Waals surface area contributed by atoms with E-state index in [1.807, 2.05) is 19.1 Å². The van der Waals surface area contributed by atoms with E-state index < -0.39 is 0 Å². The number of aryl methyl sites for hydroxylation is 1. The van der Waals surface area contributed by atoms with Gasteiger partial charge >= 0.3 is 0 Å². The Labute approximate surface area is 171 Å². The van der Waals surface area contributed by atoms with Gasteiger partial charge in [-0.05, 0) is 43.3 Å². The molecule has 0 unspecified atom stereocenters. The number of nitrogens with one attached hydrogen (secondary N) is 1. The van der Waals surface area contributed by atoms with Gasteiger partial charge in [0.05, 0.1) is 13.2 Å². The molecule has 0 radical (unpaired) electrons. The van der Waals surface area contributed by atoms with Gasteiger partial charge in [-0.1, -0.05) is 6.92 Å². The van der Waals surface area contributed by atoms with Gasteiger partial charge in [0.1, 0.15) is 5.69 Å². The van der Waals surface area contributed by atoms with Crippen molar-refractivity contribution in [1.82, 2.24) is 14.7 Å². The Bertz CT molecular complexity index is 903. The lowest BCUT2D eigenvalue weighted by Gasteiger charge is -2.35. The molecule has 2 aromatic rings. The normalized spacial score (nSPS) is 14.8. The highest BCUT2D eigenvalue weighted by Gasteiger charge is 2.17. The lowest BCUT2D eigenvalue weighted by molar-refractivity contribution is 0.101. The number of anilines is 2. The van der Waals surface area contributed by atoms with Crippen molar-refractivity contribution in [2.24, 2.45) is 0 Å². The molecular weight excluding hydrogens is 370 g/mol. The summed E-state index contributed by atoms with van der Waals surface area (Å²) < 4.78 is 6.22. The first-order valence-corrected chi connectivity index (χ1v) is 9.98. The van der Waals surface area contributed by atoms with Crippen LogP contribution in [0.2, 0.25) is 0 Å². The molecule has 1 fully saturated rings. The SMILES string of the molecule is CCN1CCN(c2ccc(NC(=O)c3ccc(=O)n(CCOC)n3)c(C)c2)CC1. The maximum absolute atomic E-state index is 12.6. The average molecular weight is 399 g/mol. The Balaban J connectivity index is 1.69. The zero-order chi connectivity index (χ0) is 20.8. The standard InChI is InChI=1S/C21H29N5O3/c1-4-24-9-11-25(12-10-24)17-5-6-18(16(2)15-17)22-21(28)19-7-8-20(27)26(23-19)13-14-29-3/h5-8,15H,4,9-14H2,1-3H3,(H,22,28). The molecule has 0 atom stereocenters. The number of ether oxygens (including phenoxy) is 1. The third-order valence-electron chi connectivity index (χ3n) is 5.25. The van der Waals surface area contributed by atoms with Crippen LogP contribution < -0.4 is 15.8 Å². The monoisotopic (exact) mass is 399 g/mol. The van der Waals surface area contributed by atoms with Crippen molar-refractivity contribution in [3.8, 4) is 0 Å². The predicted octanol–water partition coefficient (Wildman–Crippen LogP) is 1.59. The maximum atomic E-state index is 12.6. The number of aromatic nitrogens is 2. The second-order valence-electron chi connectivity index (χ2n) is 7.15. The first kappa shape index (κ1) is 21.0. The molecule has 3 rings (SSSR count). The highest BCUT2D eigenvalue weighted by atomic mass is 16.5. The van der Waals surface area contributed by atoms with Crippen LogP contribution in [0, 0.1) is 6.92 Å². The lowest BCUT2D eigenvalue weighted by atomic mass is 10.1. The predicted molar refractivity (Wildman–Crippen MR) is 114 cm³/mol. The number of hydrogen-bond donors (Lipinski definition) is 1. The molecule has 1 saturated heterocycles. The fourth-order valence-corrected chi connectivity index (χ4v) is 3.40. The molecule has 1 N–H and O–H groups in total. The van der Waals surface area contributed by atoms with Gasteiger partial charge in [0, 0.05) is 50.7 Å². The summed E-state index contributed by atoms with van der Waals surface area (Å²) in [5.41, 5.74) is 2.83. The summed E-state index contributed by atoms with van der Waals surface area (Å²) >= 11 is 0. The van der Waals surface area contributed by atoms with Gasteiger partial charge in [-0.2, -0.15) is 5.10 Å². The molecule has 1 aromatic heterocycles. The van der Waals surface area contributed by atoms with Gasteiger partial charge in [0.15, 0.2) is 0 Å². The van der Waals surface area contributed by atoms with Gasteiger partial charge in [-0.3, -0.25) is 9.59 Å². The number of benzene rings is 1. The van der Waals surface area contributed by atoms with Gasteiger partial charge in [0.25, 0.3) is 11.5 Å². The van der Waals surface area contributed by atoms with E-state index in [0.29, 0.717) is 13.2 Å². The first-order chi connectivity index (χ1) is 14.0. The quantitative estimate of drug-likeness (QED) is 0.762. The van der Waals surface area contributed by atoms with Crippen LogP contribution in [-0.4, -0.2) is 67.0 Å². The molecule has 0 spiro atoms. The topological polar surface area (TPSA) is 79.7 Å². The maximum Gasteiger partial charge on any atom is 0.276 e. The number of carbonyl (C=O) groups is 1. The Morgan fingerprint density at radius 3 is 2.59 bits per heavy atom. The zero-order valence-electron chi connectivity index (χ0n) is 17.4. The molecule has 1 aliphatic rings. The molecule has 8 nitrogen and oxygen atoms in total. The molecule has 2 heterocycles. The minimum absolute atomic E-state index is 0.194. The van der Waals surface area contributed by atoms with Crippen molar-refractivity contribution >= 4 is 17.3 Å². The molecule has 0 bridgehead atoms. The van der Waals surface area contributed by atoms with Crippen LogP contribution in [0.3, 0.4) is 0 Å². The van der Waals surface area contributed by atoms with E-state index in [1.54, 1.807) is 7.11 Å². The van der Waals surface area contributed by atoms with Crippen molar-refractivity contribution in [1.29, 1.82) is 0 Å². The summed E-state index contributed by atoms with van der Waals surface area (Å²) in [6, 6.07) is 8.86. The highest BCUT2D eigenvalue weighted by Crippen LogP contribution is 2.24. The summed E-state index contributed by atoms with van der Waals surface area (Å²) in [6.45, 7) is 10.1. The van der Waals surface area contributed by atoms with Crippen molar-refractivity contribution in [2.75, 3.05) is 56.7 Å². The minimum Gasteiger partial charge on any atom is -0.383 e. The van der Waals surface area contributed by atoms with Crippen molar-refractivity contribution in [3.63, 3.8) is 0 Å². The van der Waals surface area contributed by atoms with Crippen LogP contribution in [0.4, 0.5) is 11.4 Å². The summed E-state index contributed by atoms with van der Waals surface area (Å²) in [7, 11) is 1.55. The van der Waals surface area contributed by atoms with E-state index >= 15 is 0 Å². The Morgan fingerprint density at radius 2 is 1.93 bits per heavy atom. The fourth-order valence-electron chi connectivity index (χ4n) is 3.40. The molecule has 1 aliphatic heterocycles. The van der Waals surface area contributed by atoms with Crippen LogP contribution in [-0.2, 0) is 11.3 Å². The second kappa shape index (κ2) is 9.67. The van der Waals surface area contributed by atoms with Crippen LogP contribution in [0.15, 0.2) is 35.1 Å². The Kier molecular flexibility index (Phi) is 7.00. The number of carbonyl (C=O) groups excluding carboxylic acids is 1. The lowest BCUT2D eigenvalue weighted by Crippen LogP contribution is -2.46. The second-order valence-corrected chi connectivity index (χ2v) is 7.15. The molecule has 0 saturated carbocycles. The van der Waals surface area contributed by atoms with Crippen molar-refractivity contribution in [3.05, 3.63) is 51.9 Å². The number of rotatable bonds is 7. The van der Waals surface area contributed by atoms with Crippen molar-refractivity contribution < 1.29 is 9.53 Å². The Hall–Kier alpha value is -2.71. The largest absolute Gasteiger partial charge is 0.383 e. The molecular formula is C21H29N5O3. The fraction of sp³-hybridized carbons (Fsp3) is 0.476. The molecule has 0 aliphatic carbocycles. The number of likely N-dealkylation sites (N-methyl/N-ethyl adjacent to an activating group) is 1. The van der Waals surface area contributed by atoms with E-state index in [9.17, 15) is 9.59 Å². The molecule has 8 heteroatoms. The number of piperazine rings is 1. The Morgan fingerprint density at radius 1 is 1.17 bits per heavy atom. The third kappa shape index (κ3) is 5.21. The summed E-state index contributed by atoms with van der Waals surface area (Å²) in [4.78, 5) is 29.3. The van der Waals surface area contributed by atoms with Crippen LogP contribution >= 0.6 is 0 Å². The summed E-state index contributed by atoms with van der Waals surface area (Å²) in [6.07, 6.45) is 0. The first-order valence-electron chi connectivity index (χ1n) is 9.98. The summed E-state index contributed by atoms with van der Waals surface area (Å²) in [5.74, 6) is -0.344. The highest BCUT2D eigenvalue weighted by molar-refractivity contribution is 6.03. The molecule has 1 aromatic carbocycles. The molecule has 156 valence electrons. The van der Waals surface area contributed by atoms with E-state index in [4.69, 9.17) is 4.74 Å². The molecule has 1 amide bonds. The third-order valence-corrected chi connectivity index (χ3v) is 5.25. The average Bonchev–Trinajstić information content (AvgIpc) is 2.74. The van der Waals surface area contributed by atoms with E-state index in [1.165, 1.54) is 22.5 Å². The smallest absolute Gasteiger partial charge is 0.276 e. The van der Waals surface area contributed by atoms with Crippen LogP contribution in [0.1, 0.15) is 23.0 Å². The van der Waals surface area contributed by atoms with Gasteiger partial charge < -0.3 is 19.9 Å². The van der Waals surface area contributed by atoms with E-state index in [2.05, 4.69) is 33.2 Å². The number of methoxy groups -OCH3 is 1.